The van der Waals surface area contributed by atoms with Crippen molar-refractivity contribution in [3.63, 3.8) is 0 Å². The largest absolute Gasteiger partial charge is 0.497 e. The number of benzene rings is 2. The van der Waals surface area contributed by atoms with Crippen LogP contribution >= 0.6 is 0 Å². The van der Waals surface area contributed by atoms with E-state index in [1.165, 1.54) is 25.1 Å². The molecule has 0 bridgehead atoms. The fraction of sp³-hybridized carbons (Fsp3) is 0.286. The van der Waals surface area contributed by atoms with Crippen LogP contribution in [0.4, 0.5) is 4.39 Å². The first kappa shape index (κ1) is 21.9. The number of nitrogens with two attached hydrogens (primary N) is 1. The number of amides is 3. The molecule has 0 saturated heterocycles. The van der Waals surface area contributed by atoms with Crippen molar-refractivity contribution in [3.8, 4) is 5.75 Å². The number of hydrogen-bond acceptors (Lipinski definition) is 4. The smallest absolute Gasteiger partial charge is 0.243 e. The zero-order valence-electron chi connectivity index (χ0n) is 16.3. The van der Waals surface area contributed by atoms with Crippen LogP contribution in [0.1, 0.15) is 18.1 Å². The molecule has 0 aliphatic carbocycles. The Labute approximate surface area is 168 Å². The van der Waals surface area contributed by atoms with E-state index < -0.39 is 35.6 Å². The van der Waals surface area contributed by atoms with Gasteiger partial charge < -0.3 is 21.1 Å². The normalized spacial score (nSPS) is 12.5. The molecule has 8 heteroatoms. The Balaban J connectivity index is 2.12. The molecule has 2 aromatic carbocycles. The summed E-state index contributed by atoms with van der Waals surface area (Å²) in [6.45, 7) is 1.27. The lowest BCUT2D eigenvalue weighted by atomic mass is 10.0. The number of carbonyl (C=O) groups is 3. The second kappa shape index (κ2) is 10.2. The highest BCUT2D eigenvalue weighted by atomic mass is 19.1. The lowest BCUT2D eigenvalue weighted by Crippen LogP contribution is -2.54. The number of halogens is 1. The maximum atomic E-state index is 13.4. The van der Waals surface area contributed by atoms with Crippen LogP contribution < -0.4 is 21.1 Å². The zero-order chi connectivity index (χ0) is 21.4. The van der Waals surface area contributed by atoms with E-state index in [0.29, 0.717) is 11.3 Å². The van der Waals surface area contributed by atoms with Crippen LogP contribution in [0.25, 0.3) is 0 Å². The van der Waals surface area contributed by atoms with Gasteiger partial charge in [-0.25, -0.2) is 4.39 Å². The minimum atomic E-state index is -0.980. The quantitative estimate of drug-likeness (QED) is 0.584. The molecule has 7 nitrogen and oxygen atoms in total. The molecule has 0 aromatic heterocycles. The first-order chi connectivity index (χ1) is 13.8. The third kappa shape index (κ3) is 6.91. The number of rotatable bonds is 9. The molecular weight excluding hydrogens is 377 g/mol. The van der Waals surface area contributed by atoms with Crippen LogP contribution in [0.15, 0.2) is 48.5 Å². The van der Waals surface area contributed by atoms with Crippen molar-refractivity contribution in [2.75, 3.05) is 7.11 Å². The molecule has 0 saturated carbocycles. The van der Waals surface area contributed by atoms with Crippen molar-refractivity contribution < 1.29 is 23.5 Å². The van der Waals surface area contributed by atoms with Crippen LogP contribution in [0.3, 0.4) is 0 Å². The van der Waals surface area contributed by atoms with Gasteiger partial charge in [0.1, 0.15) is 23.7 Å². The molecule has 0 unspecified atom stereocenters. The van der Waals surface area contributed by atoms with E-state index in [4.69, 9.17) is 10.5 Å². The summed E-state index contributed by atoms with van der Waals surface area (Å²) in [5.74, 6) is -1.50. The van der Waals surface area contributed by atoms with Crippen molar-refractivity contribution in [2.45, 2.75) is 31.8 Å². The first-order valence-corrected chi connectivity index (χ1v) is 9.02. The number of nitrogens with one attached hydrogen (secondary N) is 2. The van der Waals surface area contributed by atoms with E-state index in [1.807, 2.05) is 0 Å². The highest BCUT2D eigenvalue weighted by Gasteiger charge is 2.25. The van der Waals surface area contributed by atoms with Crippen molar-refractivity contribution in [1.29, 1.82) is 0 Å². The maximum Gasteiger partial charge on any atom is 0.243 e. The number of carbonyl (C=O) groups excluding carboxylic acids is 3. The molecule has 0 aliphatic heterocycles. The molecule has 2 aromatic rings. The predicted molar refractivity (Wildman–Crippen MR) is 106 cm³/mol. The molecule has 0 spiro atoms. The van der Waals surface area contributed by atoms with E-state index in [0.717, 1.165) is 5.56 Å². The summed E-state index contributed by atoms with van der Waals surface area (Å²) >= 11 is 0. The fourth-order valence-corrected chi connectivity index (χ4v) is 2.85. The fourth-order valence-electron chi connectivity index (χ4n) is 2.85. The molecule has 0 radical (unpaired) electrons. The van der Waals surface area contributed by atoms with Crippen molar-refractivity contribution in [3.05, 3.63) is 65.5 Å². The second-order valence-corrected chi connectivity index (χ2v) is 6.60. The summed E-state index contributed by atoms with van der Waals surface area (Å²) in [6.07, 6.45) is 0.245. The molecule has 0 heterocycles. The topological polar surface area (TPSA) is 111 Å². The van der Waals surface area contributed by atoms with Gasteiger partial charge in [-0.2, -0.15) is 0 Å². The Morgan fingerprint density at radius 1 is 1.00 bits per heavy atom. The predicted octanol–water partition coefficient (Wildman–Crippen LogP) is 1.09. The Morgan fingerprint density at radius 3 is 2.21 bits per heavy atom. The van der Waals surface area contributed by atoms with Crippen LogP contribution in [0, 0.1) is 5.82 Å². The summed E-state index contributed by atoms with van der Waals surface area (Å²) in [4.78, 5) is 36.1. The van der Waals surface area contributed by atoms with Crippen LogP contribution in [0.5, 0.6) is 5.75 Å². The molecule has 0 aliphatic rings. The number of hydrogen-bond donors (Lipinski definition) is 3. The van der Waals surface area contributed by atoms with Crippen molar-refractivity contribution in [1.82, 2.24) is 10.6 Å². The average Bonchev–Trinajstić information content (AvgIpc) is 2.67. The highest BCUT2D eigenvalue weighted by Crippen LogP contribution is 2.13. The van der Waals surface area contributed by atoms with E-state index in [9.17, 15) is 18.8 Å². The van der Waals surface area contributed by atoms with Gasteiger partial charge in [-0.1, -0.05) is 24.3 Å². The van der Waals surface area contributed by atoms with Crippen LogP contribution in [0.2, 0.25) is 0 Å². The standard InChI is InChI=1S/C21H24FN3O4/c1-13(26)24-19(12-15-4-3-5-16(22)10-15)21(28)25-18(20(23)27)11-14-6-8-17(29-2)9-7-14/h3-10,18-19H,11-12H2,1-2H3,(H2,23,27)(H,24,26)(H,25,28)/t18-,19+/m0/s1. The highest BCUT2D eigenvalue weighted by molar-refractivity contribution is 5.91. The minimum absolute atomic E-state index is 0.0667. The van der Waals surface area contributed by atoms with Crippen LogP contribution in [-0.2, 0) is 27.2 Å². The number of primary amides is 1. The number of methoxy groups -OCH3 is 1. The Bertz CT molecular complexity index is 870. The minimum Gasteiger partial charge on any atom is -0.497 e. The molecule has 2 rings (SSSR count). The van der Waals surface area contributed by atoms with Gasteiger partial charge in [-0.15, -0.1) is 0 Å². The van der Waals surface area contributed by atoms with E-state index in [2.05, 4.69) is 10.6 Å². The van der Waals surface area contributed by atoms with Gasteiger partial charge in [0.25, 0.3) is 0 Å². The lowest BCUT2D eigenvalue weighted by molar-refractivity contribution is -0.130. The van der Waals surface area contributed by atoms with Crippen molar-refractivity contribution >= 4 is 17.7 Å². The first-order valence-electron chi connectivity index (χ1n) is 9.02. The third-order valence-corrected chi connectivity index (χ3v) is 4.28. The molecule has 4 N–H and O–H groups in total. The van der Waals surface area contributed by atoms with Gasteiger partial charge in [0.15, 0.2) is 0 Å². The van der Waals surface area contributed by atoms with Gasteiger partial charge >= 0.3 is 0 Å². The second-order valence-electron chi connectivity index (χ2n) is 6.60. The van der Waals surface area contributed by atoms with Crippen molar-refractivity contribution in [2.24, 2.45) is 5.73 Å². The zero-order valence-corrected chi connectivity index (χ0v) is 16.3. The van der Waals surface area contributed by atoms with Gasteiger partial charge in [-0.3, -0.25) is 14.4 Å². The van der Waals surface area contributed by atoms with Gasteiger partial charge in [0.2, 0.25) is 17.7 Å². The summed E-state index contributed by atoms with van der Waals surface area (Å²) in [6, 6.07) is 10.8. The Kier molecular flexibility index (Phi) is 7.70. The Hall–Kier alpha value is -3.42. The van der Waals surface area contributed by atoms with E-state index >= 15 is 0 Å². The van der Waals surface area contributed by atoms with Gasteiger partial charge in [0.05, 0.1) is 7.11 Å². The molecule has 0 fully saturated rings. The summed E-state index contributed by atoms with van der Waals surface area (Å²) in [7, 11) is 1.54. The third-order valence-electron chi connectivity index (χ3n) is 4.28. The monoisotopic (exact) mass is 401 g/mol. The lowest BCUT2D eigenvalue weighted by Gasteiger charge is -2.22. The Morgan fingerprint density at radius 2 is 1.66 bits per heavy atom. The molecule has 2 atom stereocenters. The SMILES string of the molecule is COc1ccc(C[C@H](NC(=O)[C@@H](Cc2cccc(F)c2)NC(C)=O)C(N)=O)cc1. The molecule has 3 amide bonds. The molecule has 29 heavy (non-hydrogen) atoms. The summed E-state index contributed by atoms with van der Waals surface area (Å²) in [5.41, 5.74) is 6.75. The summed E-state index contributed by atoms with van der Waals surface area (Å²) in [5, 5.41) is 5.11. The van der Waals surface area contributed by atoms with Crippen LogP contribution in [-0.4, -0.2) is 36.9 Å². The van der Waals surface area contributed by atoms with E-state index in [1.54, 1.807) is 37.4 Å². The molecule has 154 valence electrons. The van der Waals surface area contributed by atoms with Gasteiger partial charge in [-0.05, 0) is 35.4 Å². The van der Waals surface area contributed by atoms with E-state index in [-0.39, 0.29) is 12.8 Å². The van der Waals surface area contributed by atoms with Gasteiger partial charge in [0, 0.05) is 19.8 Å². The maximum absolute atomic E-state index is 13.4. The average molecular weight is 401 g/mol. The summed E-state index contributed by atoms with van der Waals surface area (Å²) < 4.78 is 18.5. The molecular formula is C21H24FN3O4. The number of ether oxygens (including phenoxy) is 1.